The molecule has 0 radical (unpaired) electrons. The van der Waals surface area contributed by atoms with Gasteiger partial charge in [0.15, 0.2) is 0 Å². The summed E-state index contributed by atoms with van der Waals surface area (Å²) in [6.07, 6.45) is -5.08. The van der Waals surface area contributed by atoms with Gasteiger partial charge in [0.25, 0.3) is 5.91 Å². The first-order chi connectivity index (χ1) is 14.7. The molecule has 2 aromatic carbocycles. The summed E-state index contributed by atoms with van der Waals surface area (Å²) in [4.78, 5) is 28.4. The van der Waals surface area contributed by atoms with Gasteiger partial charge >= 0.3 is 12.3 Å². The summed E-state index contributed by atoms with van der Waals surface area (Å²) in [7, 11) is 0. The maximum Gasteiger partial charge on any atom is 0.416 e. The van der Waals surface area contributed by atoms with Crippen molar-refractivity contribution in [1.82, 2.24) is 4.98 Å². The fourth-order valence-corrected chi connectivity index (χ4v) is 3.51. The maximum absolute atomic E-state index is 12.9. The van der Waals surface area contributed by atoms with Crippen molar-refractivity contribution in [3.8, 4) is 10.6 Å². The Morgan fingerprint density at radius 1 is 1.10 bits per heavy atom. The molecule has 10 heteroatoms. The molecule has 0 atom stereocenters. The quantitative estimate of drug-likeness (QED) is 0.504. The number of hydrogen-bond acceptors (Lipinski definition) is 5. The van der Waals surface area contributed by atoms with E-state index in [0.29, 0.717) is 21.9 Å². The Hall–Kier alpha value is -3.40. The highest BCUT2D eigenvalue weighted by Gasteiger charge is 2.30. The molecular weight excluding hydrogens is 431 g/mol. The fraction of sp³-hybridized carbons (Fsp3) is 0.190. The van der Waals surface area contributed by atoms with E-state index in [1.54, 1.807) is 32.0 Å². The first kappa shape index (κ1) is 22.3. The Labute approximate surface area is 180 Å². The molecular formula is C21H18F3N3O3S. The first-order valence-corrected chi connectivity index (χ1v) is 10.0. The molecule has 0 aliphatic rings. The second-order valence-corrected chi connectivity index (χ2v) is 7.25. The Morgan fingerprint density at radius 2 is 1.77 bits per heavy atom. The summed E-state index contributed by atoms with van der Waals surface area (Å²) in [6.45, 7) is 3.62. The van der Waals surface area contributed by atoms with Crippen molar-refractivity contribution >= 4 is 34.7 Å². The Kier molecular flexibility index (Phi) is 6.59. The first-order valence-electron chi connectivity index (χ1n) is 9.17. The summed E-state index contributed by atoms with van der Waals surface area (Å²) in [5, 5.41) is 7.07. The van der Waals surface area contributed by atoms with Gasteiger partial charge in [-0.1, -0.05) is 18.2 Å². The van der Waals surface area contributed by atoms with Crippen molar-refractivity contribution in [2.24, 2.45) is 0 Å². The maximum atomic E-state index is 12.9. The number of carbonyl (C=O) groups is 2. The summed E-state index contributed by atoms with van der Waals surface area (Å²) >= 11 is 1.07. The molecule has 3 rings (SSSR count). The van der Waals surface area contributed by atoms with Crippen LogP contribution in [-0.4, -0.2) is 23.6 Å². The molecule has 3 aromatic rings. The molecule has 0 unspecified atom stereocenters. The number of nitrogens with one attached hydrogen (secondary N) is 2. The molecule has 0 aliphatic heterocycles. The Morgan fingerprint density at radius 3 is 2.45 bits per heavy atom. The van der Waals surface area contributed by atoms with Gasteiger partial charge in [0.1, 0.15) is 10.7 Å². The van der Waals surface area contributed by atoms with E-state index in [2.05, 4.69) is 15.6 Å². The highest BCUT2D eigenvalue weighted by molar-refractivity contribution is 7.13. The number of thiazole rings is 1. The number of hydrogen-bond donors (Lipinski definition) is 2. The summed E-state index contributed by atoms with van der Waals surface area (Å²) in [5.41, 5.74) is 1.09. The van der Waals surface area contributed by atoms with Crippen molar-refractivity contribution < 1.29 is 27.5 Å². The lowest BCUT2D eigenvalue weighted by atomic mass is 10.1. The summed E-state index contributed by atoms with van der Waals surface area (Å²) < 4.78 is 43.7. The van der Waals surface area contributed by atoms with Gasteiger partial charge in [0.2, 0.25) is 0 Å². The number of amides is 2. The van der Waals surface area contributed by atoms with Gasteiger partial charge in [-0.3, -0.25) is 10.1 Å². The van der Waals surface area contributed by atoms with Crippen molar-refractivity contribution in [1.29, 1.82) is 0 Å². The predicted molar refractivity (Wildman–Crippen MR) is 112 cm³/mol. The van der Waals surface area contributed by atoms with Crippen molar-refractivity contribution in [3.63, 3.8) is 0 Å². The normalized spacial score (nSPS) is 11.1. The molecule has 2 amide bonds. The SMILES string of the molecule is CCOC(=O)Nc1cccc(NC(=O)c2csc(-c3cccc(C(F)(F)F)c3)n2)c1C. The van der Waals surface area contributed by atoms with Crippen molar-refractivity contribution in [2.75, 3.05) is 17.2 Å². The molecule has 2 N–H and O–H groups in total. The lowest BCUT2D eigenvalue weighted by Crippen LogP contribution is -2.16. The van der Waals surface area contributed by atoms with Crippen LogP contribution >= 0.6 is 11.3 Å². The van der Waals surface area contributed by atoms with Crippen LogP contribution in [0.5, 0.6) is 0 Å². The minimum Gasteiger partial charge on any atom is -0.450 e. The van der Waals surface area contributed by atoms with Crippen LogP contribution < -0.4 is 10.6 Å². The Bertz CT molecular complexity index is 1110. The highest BCUT2D eigenvalue weighted by atomic mass is 32.1. The van der Waals surface area contributed by atoms with Gasteiger partial charge in [0, 0.05) is 22.3 Å². The molecule has 0 spiro atoms. The second-order valence-electron chi connectivity index (χ2n) is 6.39. The van der Waals surface area contributed by atoms with E-state index >= 15 is 0 Å². The number of rotatable bonds is 5. The third kappa shape index (κ3) is 5.40. The molecule has 1 aromatic heterocycles. The molecule has 0 saturated carbocycles. The minimum absolute atomic E-state index is 0.0700. The molecule has 6 nitrogen and oxygen atoms in total. The van der Waals surface area contributed by atoms with Gasteiger partial charge in [-0.25, -0.2) is 9.78 Å². The number of halogens is 3. The number of nitrogens with zero attached hydrogens (tertiary/aromatic N) is 1. The van der Waals surface area contributed by atoms with E-state index in [1.165, 1.54) is 17.5 Å². The monoisotopic (exact) mass is 449 g/mol. The lowest BCUT2D eigenvalue weighted by Gasteiger charge is -2.12. The zero-order valence-corrected chi connectivity index (χ0v) is 17.4. The van der Waals surface area contributed by atoms with Crippen LogP contribution in [0.2, 0.25) is 0 Å². The van der Waals surface area contributed by atoms with Crippen LogP contribution in [0.25, 0.3) is 10.6 Å². The number of alkyl halides is 3. The molecule has 0 bridgehead atoms. The van der Waals surface area contributed by atoms with E-state index in [4.69, 9.17) is 4.74 Å². The third-order valence-corrected chi connectivity index (χ3v) is 5.16. The highest BCUT2D eigenvalue weighted by Crippen LogP contribution is 2.33. The number of aromatic nitrogens is 1. The second kappa shape index (κ2) is 9.17. The van der Waals surface area contributed by atoms with Crippen LogP contribution in [0.3, 0.4) is 0 Å². The molecule has 162 valence electrons. The lowest BCUT2D eigenvalue weighted by molar-refractivity contribution is -0.137. The van der Waals surface area contributed by atoms with Crippen molar-refractivity contribution in [2.45, 2.75) is 20.0 Å². The van der Waals surface area contributed by atoms with Gasteiger partial charge in [-0.15, -0.1) is 11.3 Å². The van der Waals surface area contributed by atoms with Crippen LogP contribution in [0.4, 0.5) is 29.3 Å². The van der Waals surface area contributed by atoms with E-state index in [9.17, 15) is 22.8 Å². The number of ether oxygens (including phenoxy) is 1. The standard InChI is InChI=1S/C21H18F3N3O3S/c1-3-30-20(29)27-16-9-5-8-15(12(16)2)25-18(28)17-11-31-19(26-17)13-6-4-7-14(10-13)21(22,23)24/h4-11H,3H2,1-2H3,(H,25,28)(H,27,29). The fourth-order valence-electron chi connectivity index (χ4n) is 2.71. The summed E-state index contributed by atoms with van der Waals surface area (Å²) in [5.74, 6) is -0.522. The zero-order chi connectivity index (χ0) is 22.6. The number of anilines is 2. The van der Waals surface area contributed by atoms with Gasteiger partial charge in [-0.2, -0.15) is 13.2 Å². The third-order valence-electron chi connectivity index (χ3n) is 4.27. The van der Waals surface area contributed by atoms with E-state index in [1.807, 2.05) is 0 Å². The van der Waals surface area contributed by atoms with E-state index in [0.717, 1.165) is 23.5 Å². The molecule has 31 heavy (non-hydrogen) atoms. The average Bonchev–Trinajstić information content (AvgIpc) is 3.21. The van der Waals surface area contributed by atoms with Crippen LogP contribution in [0, 0.1) is 6.92 Å². The molecule has 0 saturated heterocycles. The average molecular weight is 449 g/mol. The van der Waals surface area contributed by atoms with Crippen molar-refractivity contribution in [3.05, 3.63) is 64.7 Å². The van der Waals surface area contributed by atoms with E-state index in [-0.39, 0.29) is 17.9 Å². The van der Waals surface area contributed by atoms with E-state index < -0.39 is 23.7 Å². The smallest absolute Gasteiger partial charge is 0.416 e. The largest absolute Gasteiger partial charge is 0.450 e. The number of carbonyl (C=O) groups excluding carboxylic acids is 2. The zero-order valence-electron chi connectivity index (χ0n) is 16.5. The minimum atomic E-state index is -4.46. The van der Waals surface area contributed by atoms with Gasteiger partial charge < -0.3 is 10.1 Å². The van der Waals surface area contributed by atoms with Crippen LogP contribution in [0.1, 0.15) is 28.5 Å². The molecule has 0 fully saturated rings. The Balaban J connectivity index is 1.77. The van der Waals surface area contributed by atoms with Gasteiger partial charge in [0.05, 0.1) is 12.2 Å². The van der Waals surface area contributed by atoms with Crippen LogP contribution in [-0.2, 0) is 10.9 Å². The topological polar surface area (TPSA) is 80.3 Å². The van der Waals surface area contributed by atoms with Crippen LogP contribution in [0.15, 0.2) is 47.8 Å². The van der Waals surface area contributed by atoms with Gasteiger partial charge in [-0.05, 0) is 43.7 Å². The predicted octanol–water partition coefficient (Wildman–Crippen LogP) is 5.96. The molecule has 1 heterocycles. The number of benzene rings is 2. The summed E-state index contributed by atoms with van der Waals surface area (Å²) in [6, 6.07) is 9.74. The molecule has 0 aliphatic carbocycles.